The highest BCUT2D eigenvalue weighted by Crippen LogP contribution is 2.12. The summed E-state index contributed by atoms with van der Waals surface area (Å²) in [6.45, 7) is 3.12. The summed E-state index contributed by atoms with van der Waals surface area (Å²) in [6, 6.07) is 3.49. The molecule has 0 atom stereocenters. The number of hydrogen-bond acceptors (Lipinski definition) is 3. The van der Waals surface area contributed by atoms with Crippen LogP contribution in [0.15, 0.2) is 18.3 Å². The number of rotatable bonds is 3. The van der Waals surface area contributed by atoms with Crippen molar-refractivity contribution in [2.24, 2.45) is 0 Å². The van der Waals surface area contributed by atoms with Crippen molar-refractivity contribution in [1.29, 1.82) is 0 Å². The van der Waals surface area contributed by atoms with Crippen LogP contribution in [0.4, 0.5) is 0 Å². The Morgan fingerprint density at radius 3 is 2.61 bits per heavy atom. The maximum Gasteiger partial charge on any atom is 0.242 e. The van der Waals surface area contributed by atoms with Crippen LogP contribution in [0.3, 0.4) is 0 Å². The van der Waals surface area contributed by atoms with Crippen molar-refractivity contribution in [2.45, 2.75) is 13.5 Å². The smallest absolute Gasteiger partial charge is 0.242 e. The van der Waals surface area contributed by atoms with Gasteiger partial charge in [0.25, 0.3) is 0 Å². The van der Waals surface area contributed by atoms with E-state index in [0.29, 0.717) is 18.2 Å². The minimum atomic E-state index is -0.0376. The van der Waals surface area contributed by atoms with Gasteiger partial charge in [-0.15, -0.1) is 0 Å². The SMILES string of the molecule is CCN1CC(=O)N(Cc2ccnc(Cl)c2)CC1=O. The maximum absolute atomic E-state index is 11.9. The number of likely N-dealkylation sites (N-methyl/N-ethyl adjacent to an activating group) is 1. The fraction of sp³-hybridized carbons (Fsp3) is 0.417. The van der Waals surface area contributed by atoms with Gasteiger partial charge in [-0.3, -0.25) is 9.59 Å². The fourth-order valence-corrected chi connectivity index (χ4v) is 2.09. The highest BCUT2D eigenvalue weighted by Gasteiger charge is 2.28. The van der Waals surface area contributed by atoms with Gasteiger partial charge in [-0.1, -0.05) is 11.6 Å². The van der Waals surface area contributed by atoms with Gasteiger partial charge >= 0.3 is 0 Å². The molecule has 1 aliphatic heterocycles. The van der Waals surface area contributed by atoms with Gasteiger partial charge in [-0.2, -0.15) is 0 Å². The van der Waals surface area contributed by atoms with Crippen LogP contribution >= 0.6 is 11.6 Å². The van der Waals surface area contributed by atoms with Crippen molar-refractivity contribution < 1.29 is 9.59 Å². The highest BCUT2D eigenvalue weighted by atomic mass is 35.5. The Bertz CT molecular complexity index is 478. The van der Waals surface area contributed by atoms with Crippen LogP contribution in [-0.4, -0.2) is 46.2 Å². The van der Waals surface area contributed by atoms with Crippen molar-refractivity contribution in [2.75, 3.05) is 19.6 Å². The largest absolute Gasteiger partial charge is 0.332 e. The number of pyridine rings is 1. The Balaban J connectivity index is 2.06. The Morgan fingerprint density at radius 1 is 1.28 bits per heavy atom. The Kier molecular flexibility index (Phi) is 3.81. The molecule has 0 saturated carbocycles. The summed E-state index contributed by atoms with van der Waals surface area (Å²) in [5.41, 5.74) is 0.876. The first kappa shape index (κ1) is 12.8. The third-order valence-corrected chi connectivity index (χ3v) is 3.11. The van der Waals surface area contributed by atoms with Crippen molar-refractivity contribution in [3.05, 3.63) is 29.0 Å². The average molecular weight is 268 g/mol. The van der Waals surface area contributed by atoms with Gasteiger partial charge in [0, 0.05) is 19.3 Å². The van der Waals surface area contributed by atoms with Crippen molar-refractivity contribution in [3.63, 3.8) is 0 Å². The molecule has 18 heavy (non-hydrogen) atoms. The minimum absolute atomic E-state index is 0.0164. The molecule has 1 fully saturated rings. The van der Waals surface area contributed by atoms with E-state index in [0.717, 1.165) is 5.56 Å². The minimum Gasteiger partial charge on any atom is -0.332 e. The summed E-state index contributed by atoms with van der Waals surface area (Å²) in [5, 5.41) is 0.387. The van der Waals surface area contributed by atoms with E-state index < -0.39 is 0 Å². The zero-order valence-electron chi connectivity index (χ0n) is 10.1. The number of carbonyl (C=O) groups excluding carboxylic acids is 2. The lowest BCUT2D eigenvalue weighted by Gasteiger charge is -2.33. The molecule has 0 aromatic carbocycles. The Hall–Kier alpha value is -1.62. The van der Waals surface area contributed by atoms with E-state index in [-0.39, 0.29) is 24.9 Å². The van der Waals surface area contributed by atoms with Crippen molar-refractivity contribution in [1.82, 2.24) is 14.8 Å². The van der Waals surface area contributed by atoms with E-state index in [1.807, 2.05) is 6.92 Å². The lowest BCUT2D eigenvalue weighted by Crippen LogP contribution is -2.53. The molecule has 5 nitrogen and oxygen atoms in total. The zero-order valence-corrected chi connectivity index (χ0v) is 10.9. The van der Waals surface area contributed by atoms with Crippen LogP contribution in [0.5, 0.6) is 0 Å². The van der Waals surface area contributed by atoms with Gasteiger partial charge in [-0.25, -0.2) is 4.98 Å². The van der Waals surface area contributed by atoms with Crippen LogP contribution in [-0.2, 0) is 16.1 Å². The number of amides is 2. The van der Waals surface area contributed by atoms with Gasteiger partial charge in [0.05, 0.1) is 6.54 Å². The normalized spacial score (nSPS) is 16.3. The summed E-state index contributed by atoms with van der Waals surface area (Å²) >= 11 is 5.78. The lowest BCUT2D eigenvalue weighted by molar-refractivity contribution is -0.150. The molecular formula is C12H14ClN3O2. The molecule has 96 valence electrons. The Morgan fingerprint density at radius 2 is 1.94 bits per heavy atom. The van der Waals surface area contributed by atoms with E-state index in [4.69, 9.17) is 11.6 Å². The van der Waals surface area contributed by atoms with E-state index >= 15 is 0 Å². The number of hydrogen-bond donors (Lipinski definition) is 0. The second-order valence-electron chi connectivity index (χ2n) is 4.14. The fourth-order valence-electron chi connectivity index (χ4n) is 1.90. The molecule has 1 aromatic heterocycles. The summed E-state index contributed by atoms with van der Waals surface area (Å²) < 4.78 is 0. The van der Waals surface area contributed by atoms with Crippen LogP contribution in [0.1, 0.15) is 12.5 Å². The Labute approximate surface area is 110 Å². The molecule has 6 heteroatoms. The third-order valence-electron chi connectivity index (χ3n) is 2.90. The molecular weight excluding hydrogens is 254 g/mol. The number of piperazine rings is 1. The molecule has 2 rings (SSSR count). The van der Waals surface area contributed by atoms with E-state index in [1.54, 1.807) is 28.1 Å². The predicted octanol–water partition coefficient (Wildman–Crippen LogP) is 0.926. The molecule has 0 spiro atoms. The molecule has 1 saturated heterocycles. The second kappa shape index (κ2) is 5.35. The molecule has 0 unspecified atom stereocenters. The van der Waals surface area contributed by atoms with E-state index in [9.17, 15) is 9.59 Å². The number of aromatic nitrogens is 1. The summed E-state index contributed by atoms with van der Waals surface area (Å²) in [7, 11) is 0. The molecule has 0 bridgehead atoms. The molecule has 2 amide bonds. The third kappa shape index (κ3) is 2.79. The first-order chi connectivity index (χ1) is 8.60. The highest BCUT2D eigenvalue weighted by molar-refractivity contribution is 6.29. The monoisotopic (exact) mass is 267 g/mol. The number of carbonyl (C=O) groups is 2. The van der Waals surface area contributed by atoms with E-state index in [1.165, 1.54) is 0 Å². The standard InChI is InChI=1S/C12H14ClN3O2/c1-2-15-7-12(18)16(8-11(15)17)6-9-3-4-14-10(13)5-9/h3-5H,2,6-8H2,1H3. The van der Waals surface area contributed by atoms with Gasteiger partial charge < -0.3 is 9.80 Å². The lowest BCUT2D eigenvalue weighted by atomic mass is 10.2. The summed E-state index contributed by atoms with van der Waals surface area (Å²) in [5.74, 6) is -0.0540. The maximum atomic E-state index is 11.9. The van der Waals surface area contributed by atoms with Crippen LogP contribution in [0.2, 0.25) is 5.15 Å². The van der Waals surface area contributed by atoms with Crippen LogP contribution < -0.4 is 0 Å². The molecule has 0 N–H and O–H groups in total. The second-order valence-corrected chi connectivity index (χ2v) is 4.53. The van der Waals surface area contributed by atoms with E-state index in [2.05, 4.69) is 4.98 Å². The summed E-state index contributed by atoms with van der Waals surface area (Å²) in [4.78, 5) is 30.6. The zero-order chi connectivity index (χ0) is 13.1. The van der Waals surface area contributed by atoms with Gasteiger partial charge in [0.2, 0.25) is 11.8 Å². The molecule has 1 aromatic rings. The summed E-state index contributed by atoms with van der Waals surface area (Å²) in [6.07, 6.45) is 1.59. The number of nitrogens with zero attached hydrogens (tertiary/aromatic N) is 3. The first-order valence-corrected chi connectivity index (χ1v) is 6.14. The topological polar surface area (TPSA) is 53.5 Å². The molecule has 2 heterocycles. The number of halogens is 1. The molecule has 0 aliphatic carbocycles. The van der Waals surface area contributed by atoms with Crippen molar-refractivity contribution in [3.8, 4) is 0 Å². The van der Waals surface area contributed by atoms with Gasteiger partial charge in [-0.05, 0) is 24.6 Å². The van der Waals surface area contributed by atoms with Crippen molar-refractivity contribution >= 4 is 23.4 Å². The predicted molar refractivity (Wildman–Crippen MR) is 66.9 cm³/mol. The average Bonchev–Trinajstić information content (AvgIpc) is 2.33. The van der Waals surface area contributed by atoms with Gasteiger partial charge in [0.1, 0.15) is 11.7 Å². The van der Waals surface area contributed by atoms with Crippen LogP contribution in [0, 0.1) is 0 Å². The molecule has 0 radical (unpaired) electrons. The quantitative estimate of drug-likeness (QED) is 0.766. The molecule has 1 aliphatic rings. The van der Waals surface area contributed by atoms with Crippen LogP contribution in [0.25, 0.3) is 0 Å². The first-order valence-electron chi connectivity index (χ1n) is 5.76. The van der Waals surface area contributed by atoms with Gasteiger partial charge in [0.15, 0.2) is 0 Å².